The fourth-order valence-electron chi connectivity index (χ4n) is 2.14. The van der Waals surface area contributed by atoms with Crippen LogP contribution in [0.15, 0.2) is 42.5 Å². The van der Waals surface area contributed by atoms with Gasteiger partial charge in [0.15, 0.2) is 0 Å². The Kier molecular flexibility index (Phi) is 4.93. The maximum Gasteiger partial charge on any atom is 0.219 e. The topological polar surface area (TPSA) is 38.3 Å². The number of nitrogens with one attached hydrogen (secondary N) is 1. The van der Waals surface area contributed by atoms with Gasteiger partial charge in [0.2, 0.25) is 5.91 Å². The zero-order chi connectivity index (χ0) is 15.2. The Morgan fingerprint density at radius 1 is 1.19 bits per heavy atom. The Bertz CT molecular complexity index is 640. The highest BCUT2D eigenvalue weighted by Gasteiger charge is 2.11. The standard InChI is InChI=1S/C17H18FNO2/c1-3-17(20)19-11-12-6-4-5-7-14(12)15-9-8-13(18)10-16(15)21-2/h4-10H,3,11H2,1-2H3,(H,19,20). The molecule has 110 valence electrons. The van der Waals surface area contributed by atoms with Gasteiger partial charge in [0, 0.05) is 24.6 Å². The lowest BCUT2D eigenvalue weighted by Gasteiger charge is -2.13. The van der Waals surface area contributed by atoms with Crippen LogP contribution in [-0.4, -0.2) is 13.0 Å². The molecule has 2 rings (SSSR count). The van der Waals surface area contributed by atoms with Crippen molar-refractivity contribution in [3.8, 4) is 16.9 Å². The molecule has 0 fully saturated rings. The van der Waals surface area contributed by atoms with E-state index in [2.05, 4.69) is 5.32 Å². The fourth-order valence-corrected chi connectivity index (χ4v) is 2.14. The van der Waals surface area contributed by atoms with E-state index < -0.39 is 0 Å². The number of carbonyl (C=O) groups excluding carboxylic acids is 1. The average molecular weight is 287 g/mol. The minimum Gasteiger partial charge on any atom is -0.496 e. The summed E-state index contributed by atoms with van der Waals surface area (Å²) in [5, 5.41) is 2.85. The molecule has 0 aliphatic carbocycles. The molecule has 2 aromatic rings. The molecule has 1 N–H and O–H groups in total. The maximum absolute atomic E-state index is 13.3. The van der Waals surface area contributed by atoms with E-state index in [1.54, 1.807) is 6.07 Å². The van der Waals surface area contributed by atoms with Crippen LogP contribution in [0, 0.1) is 5.82 Å². The summed E-state index contributed by atoms with van der Waals surface area (Å²) in [7, 11) is 1.51. The lowest BCUT2D eigenvalue weighted by atomic mass is 9.98. The Balaban J connectivity index is 2.38. The number of hydrogen-bond donors (Lipinski definition) is 1. The van der Waals surface area contributed by atoms with Gasteiger partial charge in [-0.1, -0.05) is 31.2 Å². The van der Waals surface area contributed by atoms with Crippen molar-refractivity contribution < 1.29 is 13.9 Å². The van der Waals surface area contributed by atoms with Gasteiger partial charge in [0.05, 0.1) is 7.11 Å². The van der Waals surface area contributed by atoms with Crippen molar-refractivity contribution in [2.24, 2.45) is 0 Å². The van der Waals surface area contributed by atoms with Crippen LogP contribution in [0.1, 0.15) is 18.9 Å². The van der Waals surface area contributed by atoms with Crippen LogP contribution in [-0.2, 0) is 11.3 Å². The number of rotatable bonds is 5. The molecule has 0 aromatic heterocycles. The van der Waals surface area contributed by atoms with E-state index in [1.807, 2.05) is 31.2 Å². The van der Waals surface area contributed by atoms with Crippen LogP contribution in [0.2, 0.25) is 0 Å². The Labute approximate surface area is 123 Å². The van der Waals surface area contributed by atoms with Gasteiger partial charge in [0.1, 0.15) is 11.6 Å². The smallest absolute Gasteiger partial charge is 0.219 e. The van der Waals surface area contributed by atoms with Gasteiger partial charge < -0.3 is 10.1 Å². The van der Waals surface area contributed by atoms with E-state index in [0.29, 0.717) is 18.7 Å². The second kappa shape index (κ2) is 6.88. The molecule has 0 saturated carbocycles. The lowest BCUT2D eigenvalue weighted by Crippen LogP contribution is -2.21. The van der Waals surface area contributed by atoms with Crippen LogP contribution in [0.4, 0.5) is 4.39 Å². The van der Waals surface area contributed by atoms with Crippen molar-refractivity contribution in [3.05, 3.63) is 53.8 Å². The number of amides is 1. The third kappa shape index (κ3) is 3.60. The quantitative estimate of drug-likeness (QED) is 0.913. The maximum atomic E-state index is 13.3. The largest absolute Gasteiger partial charge is 0.496 e. The van der Waals surface area contributed by atoms with Crippen molar-refractivity contribution in [3.63, 3.8) is 0 Å². The van der Waals surface area contributed by atoms with Crippen molar-refractivity contribution in [2.45, 2.75) is 19.9 Å². The van der Waals surface area contributed by atoms with Crippen LogP contribution < -0.4 is 10.1 Å². The summed E-state index contributed by atoms with van der Waals surface area (Å²) < 4.78 is 18.6. The summed E-state index contributed by atoms with van der Waals surface area (Å²) in [6.07, 6.45) is 0.446. The first kappa shape index (κ1) is 15.0. The van der Waals surface area contributed by atoms with Crippen molar-refractivity contribution in [1.82, 2.24) is 5.32 Å². The van der Waals surface area contributed by atoms with Gasteiger partial charge in [-0.05, 0) is 23.3 Å². The molecule has 0 bridgehead atoms. The summed E-state index contributed by atoms with van der Waals surface area (Å²) in [4.78, 5) is 11.4. The van der Waals surface area contributed by atoms with Crippen LogP contribution in [0.5, 0.6) is 5.75 Å². The summed E-state index contributed by atoms with van der Waals surface area (Å²) in [5.74, 6) is 0.132. The molecule has 2 aromatic carbocycles. The van der Waals surface area contributed by atoms with Crippen LogP contribution >= 0.6 is 0 Å². The first-order valence-electron chi connectivity index (χ1n) is 6.84. The van der Waals surface area contributed by atoms with E-state index in [1.165, 1.54) is 19.2 Å². The van der Waals surface area contributed by atoms with Gasteiger partial charge in [-0.25, -0.2) is 4.39 Å². The van der Waals surface area contributed by atoms with Crippen molar-refractivity contribution in [2.75, 3.05) is 7.11 Å². The minimum atomic E-state index is -0.340. The number of hydrogen-bond acceptors (Lipinski definition) is 2. The molecule has 0 aliphatic rings. The van der Waals surface area contributed by atoms with E-state index in [0.717, 1.165) is 16.7 Å². The van der Waals surface area contributed by atoms with Gasteiger partial charge in [-0.3, -0.25) is 4.79 Å². The Hall–Kier alpha value is -2.36. The summed E-state index contributed by atoms with van der Waals surface area (Å²) in [6.45, 7) is 2.24. The van der Waals surface area contributed by atoms with Gasteiger partial charge in [0.25, 0.3) is 0 Å². The molecule has 0 unspecified atom stereocenters. The van der Waals surface area contributed by atoms with Gasteiger partial charge >= 0.3 is 0 Å². The molecule has 3 nitrogen and oxygen atoms in total. The normalized spacial score (nSPS) is 10.2. The molecule has 0 saturated heterocycles. The van der Waals surface area contributed by atoms with E-state index in [9.17, 15) is 9.18 Å². The first-order valence-corrected chi connectivity index (χ1v) is 6.84. The third-order valence-corrected chi connectivity index (χ3v) is 3.27. The average Bonchev–Trinajstić information content (AvgIpc) is 2.52. The second-order valence-electron chi connectivity index (χ2n) is 4.63. The van der Waals surface area contributed by atoms with E-state index in [-0.39, 0.29) is 11.7 Å². The number of benzene rings is 2. The predicted molar refractivity (Wildman–Crippen MR) is 80.5 cm³/mol. The Morgan fingerprint density at radius 2 is 1.95 bits per heavy atom. The SMILES string of the molecule is CCC(=O)NCc1ccccc1-c1ccc(F)cc1OC. The zero-order valence-electron chi connectivity index (χ0n) is 12.2. The highest BCUT2D eigenvalue weighted by atomic mass is 19.1. The van der Waals surface area contributed by atoms with Crippen molar-refractivity contribution in [1.29, 1.82) is 0 Å². The number of carbonyl (C=O) groups is 1. The second-order valence-corrected chi connectivity index (χ2v) is 4.63. The van der Waals surface area contributed by atoms with Gasteiger partial charge in [-0.2, -0.15) is 0 Å². The zero-order valence-corrected chi connectivity index (χ0v) is 12.2. The molecule has 0 aliphatic heterocycles. The molecule has 0 heterocycles. The fraction of sp³-hybridized carbons (Fsp3) is 0.235. The monoisotopic (exact) mass is 287 g/mol. The summed E-state index contributed by atoms with van der Waals surface area (Å²) in [6, 6.07) is 12.1. The predicted octanol–water partition coefficient (Wildman–Crippen LogP) is 3.53. The van der Waals surface area contributed by atoms with Gasteiger partial charge in [-0.15, -0.1) is 0 Å². The van der Waals surface area contributed by atoms with E-state index in [4.69, 9.17) is 4.74 Å². The van der Waals surface area contributed by atoms with Crippen LogP contribution in [0.3, 0.4) is 0 Å². The number of halogens is 1. The molecular weight excluding hydrogens is 269 g/mol. The molecule has 4 heteroatoms. The minimum absolute atomic E-state index is 0.00382. The molecule has 21 heavy (non-hydrogen) atoms. The highest BCUT2D eigenvalue weighted by molar-refractivity contribution is 5.77. The third-order valence-electron chi connectivity index (χ3n) is 3.27. The van der Waals surface area contributed by atoms with Crippen molar-refractivity contribution >= 4 is 5.91 Å². The lowest BCUT2D eigenvalue weighted by molar-refractivity contribution is -0.120. The molecule has 0 spiro atoms. The summed E-state index contributed by atoms with van der Waals surface area (Å²) in [5.41, 5.74) is 2.69. The highest BCUT2D eigenvalue weighted by Crippen LogP contribution is 2.32. The summed E-state index contributed by atoms with van der Waals surface area (Å²) >= 11 is 0. The molecule has 1 amide bonds. The van der Waals surface area contributed by atoms with E-state index >= 15 is 0 Å². The number of ether oxygens (including phenoxy) is 1. The molecule has 0 atom stereocenters. The molecular formula is C17H18FNO2. The van der Waals surface area contributed by atoms with Crippen LogP contribution in [0.25, 0.3) is 11.1 Å². The first-order chi connectivity index (χ1) is 10.2. The Morgan fingerprint density at radius 3 is 2.67 bits per heavy atom. The molecule has 0 radical (unpaired) electrons. The number of methoxy groups -OCH3 is 1.